The van der Waals surface area contributed by atoms with Crippen molar-refractivity contribution in [2.45, 2.75) is 31.8 Å². The van der Waals surface area contributed by atoms with Crippen LogP contribution >= 0.6 is 0 Å². The lowest BCUT2D eigenvalue weighted by Gasteiger charge is -2.18. The number of hydrogen-bond donors (Lipinski definition) is 2. The lowest BCUT2D eigenvalue weighted by atomic mass is 10.2. The van der Waals surface area contributed by atoms with Gasteiger partial charge in [0.15, 0.2) is 11.9 Å². The standard InChI is InChI=1S/C7H12O5/c1-7(2)11-3-4(12-7)5(8)6(9)10/h4-5,8H,3H2,1-2H3,(H,9,10). The van der Waals surface area contributed by atoms with E-state index in [1.165, 1.54) is 0 Å². The van der Waals surface area contributed by atoms with Crippen LogP contribution in [0.5, 0.6) is 0 Å². The molecule has 0 bridgehead atoms. The minimum Gasteiger partial charge on any atom is -0.479 e. The van der Waals surface area contributed by atoms with E-state index in [4.69, 9.17) is 19.7 Å². The monoisotopic (exact) mass is 176 g/mol. The molecule has 70 valence electrons. The van der Waals surface area contributed by atoms with Crippen molar-refractivity contribution < 1.29 is 24.5 Å². The zero-order valence-corrected chi connectivity index (χ0v) is 6.98. The van der Waals surface area contributed by atoms with Crippen LogP contribution in [0.2, 0.25) is 0 Å². The molecule has 0 aromatic heterocycles. The summed E-state index contributed by atoms with van der Waals surface area (Å²) in [5.41, 5.74) is 0. The molecule has 0 amide bonds. The van der Waals surface area contributed by atoms with Crippen LogP contribution in [-0.4, -0.2) is 40.8 Å². The molecule has 5 nitrogen and oxygen atoms in total. The Morgan fingerprint density at radius 3 is 2.58 bits per heavy atom. The van der Waals surface area contributed by atoms with Crippen molar-refractivity contribution in [1.29, 1.82) is 0 Å². The van der Waals surface area contributed by atoms with E-state index in [9.17, 15) is 4.79 Å². The highest BCUT2D eigenvalue weighted by Crippen LogP contribution is 2.24. The van der Waals surface area contributed by atoms with Crippen molar-refractivity contribution in [3.05, 3.63) is 0 Å². The molecule has 2 atom stereocenters. The number of carboxylic acids is 1. The number of hydrogen-bond acceptors (Lipinski definition) is 4. The summed E-state index contributed by atoms with van der Waals surface area (Å²) < 4.78 is 10.2. The van der Waals surface area contributed by atoms with E-state index in [0.29, 0.717) is 0 Å². The molecular weight excluding hydrogens is 164 g/mol. The molecule has 0 aromatic carbocycles. The Bertz CT molecular complexity index is 188. The Kier molecular flexibility index (Phi) is 2.36. The van der Waals surface area contributed by atoms with Crippen LogP contribution in [0, 0.1) is 0 Å². The van der Waals surface area contributed by atoms with Gasteiger partial charge in [0, 0.05) is 0 Å². The van der Waals surface area contributed by atoms with Gasteiger partial charge in [-0.05, 0) is 13.8 Å². The van der Waals surface area contributed by atoms with Crippen LogP contribution in [0.4, 0.5) is 0 Å². The van der Waals surface area contributed by atoms with Gasteiger partial charge in [0.05, 0.1) is 6.61 Å². The summed E-state index contributed by atoms with van der Waals surface area (Å²) in [4.78, 5) is 10.3. The molecule has 1 aliphatic heterocycles. The number of rotatable bonds is 2. The van der Waals surface area contributed by atoms with E-state index in [1.54, 1.807) is 13.8 Å². The molecule has 0 spiro atoms. The van der Waals surface area contributed by atoms with Gasteiger partial charge in [-0.1, -0.05) is 0 Å². The third kappa shape index (κ3) is 1.94. The fourth-order valence-corrected chi connectivity index (χ4v) is 1.03. The van der Waals surface area contributed by atoms with Crippen molar-refractivity contribution in [3.63, 3.8) is 0 Å². The number of carboxylic acid groups (broad SMARTS) is 1. The summed E-state index contributed by atoms with van der Waals surface area (Å²) >= 11 is 0. The van der Waals surface area contributed by atoms with Gasteiger partial charge in [0.2, 0.25) is 0 Å². The van der Waals surface area contributed by atoms with Crippen molar-refractivity contribution >= 4 is 5.97 Å². The first-order chi connectivity index (χ1) is 5.42. The number of carbonyl (C=O) groups is 1. The molecule has 0 radical (unpaired) electrons. The summed E-state index contributed by atoms with van der Waals surface area (Å²) in [7, 11) is 0. The summed E-state index contributed by atoms with van der Waals surface area (Å²) in [5, 5.41) is 17.5. The fourth-order valence-electron chi connectivity index (χ4n) is 1.03. The lowest BCUT2D eigenvalue weighted by molar-refractivity contribution is -0.168. The van der Waals surface area contributed by atoms with Gasteiger partial charge in [-0.25, -0.2) is 4.79 Å². The van der Waals surface area contributed by atoms with Crippen molar-refractivity contribution in [2.75, 3.05) is 6.61 Å². The number of aliphatic hydroxyl groups is 1. The van der Waals surface area contributed by atoms with E-state index in [0.717, 1.165) is 0 Å². The molecule has 2 unspecified atom stereocenters. The van der Waals surface area contributed by atoms with Crippen LogP contribution in [0.1, 0.15) is 13.8 Å². The van der Waals surface area contributed by atoms with Gasteiger partial charge in [-0.2, -0.15) is 0 Å². The lowest BCUT2D eigenvalue weighted by Crippen LogP contribution is -2.36. The van der Waals surface area contributed by atoms with E-state index in [1.807, 2.05) is 0 Å². The molecule has 2 N–H and O–H groups in total. The number of ether oxygens (including phenoxy) is 2. The van der Waals surface area contributed by atoms with Gasteiger partial charge >= 0.3 is 5.97 Å². The normalized spacial score (nSPS) is 30.1. The van der Waals surface area contributed by atoms with Crippen molar-refractivity contribution in [1.82, 2.24) is 0 Å². The van der Waals surface area contributed by atoms with Crippen LogP contribution in [0.25, 0.3) is 0 Å². The molecule has 1 saturated heterocycles. The number of aliphatic hydroxyl groups excluding tert-OH is 1. The first-order valence-corrected chi connectivity index (χ1v) is 3.65. The predicted molar refractivity (Wildman–Crippen MR) is 38.5 cm³/mol. The quantitative estimate of drug-likeness (QED) is 0.597. The molecule has 0 saturated carbocycles. The summed E-state index contributed by atoms with van der Waals surface area (Å²) in [6.45, 7) is 3.45. The van der Waals surface area contributed by atoms with Crippen LogP contribution in [0.15, 0.2) is 0 Å². The highest BCUT2D eigenvalue weighted by Gasteiger charge is 2.39. The van der Waals surface area contributed by atoms with E-state index < -0.39 is 24.0 Å². The molecule has 1 fully saturated rings. The van der Waals surface area contributed by atoms with E-state index >= 15 is 0 Å². The molecule has 1 heterocycles. The Morgan fingerprint density at radius 2 is 2.25 bits per heavy atom. The van der Waals surface area contributed by atoms with Gasteiger partial charge in [0.25, 0.3) is 0 Å². The second-order valence-corrected chi connectivity index (χ2v) is 3.15. The van der Waals surface area contributed by atoms with Gasteiger partial charge < -0.3 is 19.7 Å². The second kappa shape index (κ2) is 3.01. The summed E-state index contributed by atoms with van der Waals surface area (Å²) in [6, 6.07) is 0. The largest absolute Gasteiger partial charge is 0.479 e. The molecule has 0 aliphatic carbocycles. The van der Waals surface area contributed by atoms with Gasteiger partial charge in [0.1, 0.15) is 6.10 Å². The maximum Gasteiger partial charge on any atom is 0.335 e. The van der Waals surface area contributed by atoms with Crippen LogP contribution in [-0.2, 0) is 14.3 Å². The first kappa shape index (κ1) is 9.44. The Balaban J connectivity index is 2.52. The van der Waals surface area contributed by atoms with Crippen LogP contribution in [0.3, 0.4) is 0 Å². The maximum absolute atomic E-state index is 10.3. The topological polar surface area (TPSA) is 76.0 Å². The van der Waals surface area contributed by atoms with Crippen LogP contribution < -0.4 is 0 Å². The second-order valence-electron chi connectivity index (χ2n) is 3.15. The Labute approximate surface area is 69.9 Å². The molecule has 12 heavy (non-hydrogen) atoms. The summed E-state index contributed by atoms with van der Waals surface area (Å²) in [5.74, 6) is -2.08. The van der Waals surface area contributed by atoms with Gasteiger partial charge in [-0.15, -0.1) is 0 Å². The maximum atomic E-state index is 10.3. The Morgan fingerprint density at radius 1 is 1.67 bits per heavy atom. The molecule has 1 aliphatic rings. The molecule has 0 aromatic rings. The average molecular weight is 176 g/mol. The highest BCUT2D eigenvalue weighted by atomic mass is 16.7. The van der Waals surface area contributed by atoms with E-state index in [2.05, 4.69) is 0 Å². The first-order valence-electron chi connectivity index (χ1n) is 3.65. The molecular formula is C7H12O5. The summed E-state index contributed by atoms with van der Waals surface area (Å²) in [6.07, 6.45) is -2.27. The minimum absolute atomic E-state index is 0.112. The zero-order valence-electron chi connectivity index (χ0n) is 6.98. The SMILES string of the molecule is CC1(C)OCC(C(O)C(=O)O)O1. The van der Waals surface area contributed by atoms with Crippen molar-refractivity contribution in [2.24, 2.45) is 0 Å². The highest BCUT2D eigenvalue weighted by molar-refractivity contribution is 5.72. The van der Waals surface area contributed by atoms with Crippen molar-refractivity contribution in [3.8, 4) is 0 Å². The molecule has 5 heteroatoms. The third-order valence-corrected chi connectivity index (χ3v) is 1.64. The van der Waals surface area contributed by atoms with Gasteiger partial charge in [-0.3, -0.25) is 0 Å². The average Bonchev–Trinajstić information content (AvgIpc) is 2.28. The smallest absolute Gasteiger partial charge is 0.335 e. The fraction of sp³-hybridized carbons (Fsp3) is 0.857. The third-order valence-electron chi connectivity index (χ3n) is 1.64. The number of aliphatic carboxylic acids is 1. The molecule has 1 rings (SSSR count). The van der Waals surface area contributed by atoms with E-state index in [-0.39, 0.29) is 6.61 Å². The predicted octanol–water partition coefficient (Wildman–Crippen LogP) is -0.417. The minimum atomic E-state index is -1.51. The Hall–Kier alpha value is -0.650. The zero-order chi connectivity index (χ0) is 9.35.